The minimum absolute atomic E-state index is 0.0525. The van der Waals surface area contributed by atoms with Gasteiger partial charge < -0.3 is 5.32 Å². The molecule has 19 heavy (non-hydrogen) atoms. The summed E-state index contributed by atoms with van der Waals surface area (Å²) in [5, 5.41) is 2.52. The number of carbonyl (C=O) groups is 2. The first-order chi connectivity index (χ1) is 8.76. The van der Waals surface area contributed by atoms with E-state index in [1.165, 1.54) is 26.0 Å². The van der Waals surface area contributed by atoms with E-state index in [4.69, 9.17) is 11.6 Å². The van der Waals surface area contributed by atoms with Crippen molar-refractivity contribution in [1.82, 2.24) is 4.72 Å². The lowest BCUT2D eigenvalue weighted by Crippen LogP contribution is -2.29. The fraction of sp³-hybridized carbons (Fsp3) is 0.273. The molecule has 0 aromatic heterocycles. The third-order valence-corrected chi connectivity index (χ3v) is 3.81. The van der Waals surface area contributed by atoms with Gasteiger partial charge in [-0.2, -0.15) is 0 Å². The van der Waals surface area contributed by atoms with E-state index in [9.17, 15) is 18.0 Å². The maximum atomic E-state index is 11.8. The second kappa shape index (κ2) is 6.03. The van der Waals surface area contributed by atoms with Crippen molar-refractivity contribution >= 4 is 39.1 Å². The normalized spacial score (nSPS) is 10.9. The van der Waals surface area contributed by atoms with Gasteiger partial charge in [0.15, 0.2) is 0 Å². The van der Waals surface area contributed by atoms with Crippen molar-refractivity contribution in [3.63, 3.8) is 0 Å². The highest BCUT2D eigenvalue weighted by atomic mass is 35.5. The summed E-state index contributed by atoms with van der Waals surface area (Å²) < 4.78 is 25.5. The molecule has 0 atom stereocenters. The molecule has 2 amide bonds. The van der Waals surface area contributed by atoms with Crippen LogP contribution in [0.5, 0.6) is 0 Å². The average Bonchev–Trinajstić information content (AvgIpc) is 2.30. The molecular formula is C11H13ClN2O4S. The predicted molar refractivity (Wildman–Crippen MR) is 71.4 cm³/mol. The summed E-state index contributed by atoms with van der Waals surface area (Å²) in [4.78, 5) is 21.9. The molecule has 2 N–H and O–H groups in total. The van der Waals surface area contributed by atoms with Crippen LogP contribution in [0.3, 0.4) is 0 Å². The molecule has 0 radical (unpaired) electrons. The summed E-state index contributed by atoms with van der Waals surface area (Å²) in [5.74, 6) is -0.932. The van der Waals surface area contributed by atoms with Crippen LogP contribution in [-0.4, -0.2) is 20.2 Å². The van der Waals surface area contributed by atoms with Gasteiger partial charge in [-0.25, -0.2) is 13.1 Å². The van der Waals surface area contributed by atoms with Gasteiger partial charge >= 0.3 is 0 Å². The van der Waals surface area contributed by atoms with Gasteiger partial charge in [0.1, 0.15) is 0 Å². The highest BCUT2D eigenvalue weighted by molar-refractivity contribution is 7.90. The van der Waals surface area contributed by atoms with Crippen LogP contribution in [0.25, 0.3) is 0 Å². The summed E-state index contributed by atoms with van der Waals surface area (Å²) >= 11 is 5.86. The quantitative estimate of drug-likeness (QED) is 0.882. The maximum Gasteiger partial charge on any atom is 0.264 e. The Labute approximate surface area is 116 Å². The minimum atomic E-state index is -3.94. The first-order valence-corrected chi connectivity index (χ1v) is 7.25. The molecule has 0 bridgehead atoms. The molecule has 104 valence electrons. The Morgan fingerprint density at radius 2 is 1.95 bits per heavy atom. The van der Waals surface area contributed by atoms with Crippen LogP contribution in [0.4, 0.5) is 5.69 Å². The highest BCUT2D eigenvalue weighted by Gasteiger charge is 2.18. The van der Waals surface area contributed by atoms with Gasteiger partial charge in [0.05, 0.1) is 15.6 Å². The number of sulfonamides is 1. The van der Waals surface area contributed by atoms with E-state index in [-0.39, 0.29) is 22.2 Å². The van der Waals surface area contributed by atoms with Gasteiger partial charge in [-0.3, -0.25) is 9.59 Å². The molecule has 0 aliphatic rings. The lowest BCUT2D eigenvalue weighted by atomic mass is 10.3. The standard InChI is InChI=1S/C11H13ClN2O4S/c1-3-11(16)14-19(17,18)8-4-5-10(9(12)6-8)13-7(2)15/h4-6H,3H2,1-2H3,(H,13,15)(H,14,16). The molecule has 1 aromatic carbocycles. The van der Waals surface area contributed by atoms with E-state index in [1.807, 2.05) is 4.72 Å². The molecule has 0 aliphatic heterocycles. The topological polar surface area (TPSA) is 92.3 Å². The predicted octanol–water partition coefficient (Wildman–Crippen LogP) is 1.51. The van der Waals surface area contributed by atoms with Gasteiger partial charge in [0, 0.05) is 13.3 Å². The zero-order chi connectivity index (χ0) is 14.6. The zero-order valence-electron chi connectivity index (χ0n) is 10.4. The molecule has 0 saturated heterocycles. The number of carbonyl (C=O) groups excluding carboxylic acids is 2. The molecule has 8 heteroatoms. The Morgan fingerprint density at radius 1 is 1.32 bits per heavy atom. The Kier molecular flexibility index (Phi) is 4.90. The van der Waals surface area contributed by atoms with Crippen LogP contribution in [0.1, 0.15) is 20.3 Å². The summed E-state index contributed by atoms with van der Waals surface area (Å²) in [7, 11) is -3.94. The van der Waals surface area contributed by atoms with E-state index in [0.717, 1.165) is 6.07 Å². The third-order valence-electron chi connectivity index (χ3n) is 2.13. The van der Waals surface area contributed by atoms with Crippen molar-refractivity contribution in [3.05, 3.63) is 23.2 Å². The van der Waals surface area contributed by atoms with Crippen LogP contribution in [-0.2, 0) is 19.6 Å². The lowest BCUT2D eigenvalue weighted by Gasteiger charge is -2.09. The van der Waals surface area contributed by atoms with E-state index in [2.05, 4.69) is 5.32 Å². The average molecular weight is 305 g/mol. The van der Waals surface area contributed by atoms with Gasteiger partial charge in [-0.1, -0.05) is 18.5 Å². The van der Waals surface area contributed by atoms with Crippen LogP contribution >= 0.6 is 11.6 Å². The largest absolute Gasteiger partial charge is 0.325 e. The Balaban J connectivity index is 3.06. The number of nitrogens with one attached hydrogen (secondary N) is 2. The number of amides is 2. The van der Waals surface area contributed by atoms with Crippen molar-refractivity contribution in [3.8, 4) is 0 Å². The smallest absolute Gasteiger partial charge is 0.264 e. The summed E-state index contributed by atoms with van der Waals surface area (Å²) in [6.45, 7) is 2.85. The number of hydrogen-bond acceptors (Lipinski definition) is 4. The molecule has 1 rings (SSSR count). The summed E-state index contributed by atoms with van der Waals surface area (Å²) in [6, 6.07) is 3.77. The highest BCUT2D eigenvalue weighted by Crippen LogP contribution is 2.25. The fourth-order valence-corrected chi connectivity index (χ4v) is 2.61. The monoisotopic (exact) mass is 304 g/mol. The lowest BCUT2D eigenvalue weighted by molar-refractivity contribution is -0.119. The number of rotatable bonds is 4. The van der Waals surface area contributed by atoms with Crippen LogP contribution in [0.2, 0.25) is 5.02 Å². The van der Waals surface area contributed by atoms with Crippen molar-refractivity contribution in [2.75, 3.05) is 5.32 Å². The molecular weight excluding hydrogens is 292 g/mol. The second-order valence-corrected chi connectivity index (χ2v) is 5.79. The fourth-order valence-electron chi connectivity index (χ4n) is 1.23. The molecule has 0 saturated carbocycles. The molecule has 0 unspecified atom stereocenters. The van der Waals surface area contributed by atoms with Crippen molar-refractivity contribution in [2.24, 2.45) is 0 Å². The Morgan fingerprint density at radius 3 is 2.42 bits per heavy atom. The minimum Gasteiger partial charge on any atom is -0.325 e. The van der Waals surface area contributed by atoms with Crippen LogP contribution in [0, 0.1) is 0 Å². The first kappa shape index (κ1) is 15.5. The van der Waals surface area contributed by atoms with Gasteiger partial charge in [-0.15, -0.1) is 0 Å². The number of anilines is 1. The number of halogens is 1. The Bertz CT molecular complexity index is 613. The van der Waals surface area contributed by atoms with Crippen LogP contribution in [0.15, 0.2) is 23.1 Å². The third kappa shape index (κ3) is 4.22. The van der Waals surface area contributed by atoms with Crippen LogP contribution < -0.4 is 10.0 Å². The second-order valence-electron chi connectivity index (χ2n) is 3.71. The number of benzene rings is 1. The van der Waals surface area contributed by atoms with Crippen molar-refractivity contribution < 1.29 is 18.0 Å². The maximum absolute atomic E-state index is 11.8. The molecule has 6 nitrogen and oxygen atoms in total. The zero-order valence-corrected chi connectivity index (χ0v) is 11.9. The molecule has 1 aromatic rings. The van der Waals surface area contributed by atoms with Crippen molar-refractivity contribution in [2.45, 2.75) is 25.2 Å². The first-order valence-electron chi connectivity index (χ1n) is 5.39. The number of hydrogen-bond donors (Lipinski definition) is 2. The van der Waals surface area contributed by atoms with Gasteiger partial charge in [-0.05, 0) is 18.2 Å². The Hall–Kier alpha value is -1.60. The van der Waals surface area contributed by atoms with Crippen molar-refractivity contribution in [1.29, 1.82) is 0 Å². The van der Waals surface area contributed by atoms with E-state index in [0.29, 0.717) is 5.69 Å². The van der Waals surface area contributed by atoms with E-state index >= 15 is 0 Å². The molecule has 0 aliphatic carbocycles. The van der Waals surface area contributed by atoms with Gasteiger partial charge in [0.25, 0.3) is 10.0 Å². The van der Waals surface area contributed by atoms with E-state index < -0.39 is 15.9 Å². The molecule has 0 heterocycles. The molecule has 0 spiro atoms. The summed E-state index contributed by atoms with van der Waals surface area (Å²) in [5.41, 5.74) is 0.301. The molecule has 0 fully saturated rings. The van der Waals surface area contributed by atoms with Gasteiger partial charge in [0.2, 0.25) is 11.8 Å². The SMILES string of the molecule is CCC(=O)NS(=O)(=O)c1ccc(NC(C)=O)c(Cl)c1. The summed E-state index contributed by atoms with van der Waals surface area (Å²) in [6.07, 6.45) is 0.0525. The van der Waals surface area contributed by atoms with E-state index in [1.54, 1.807) is 0 Å².